The van der Waals surface area contributed by atoms with Gasteiger partial charge in [-0.15, -0.1) is 4.91 Å². The average molecular weight is 322 g/mol. The van der Waals surface area contributed by atoms with Crippen molar-refractivity contribution in [1.82, 2.24) is 18.7 Å². The Kier molecular flexibility index (Phi) is 4.97. The third kappa shape index (κ3) is 2.90. The van der Waals surface area contributed by atoms with Crippen molar-refractivity contribution in [2.24, 2.45) is 26.4 Å². The Labute approximate surface area is 133 Å². The molecular formula is C14H22N6O3. The number of fused-ring (bicyclic) bond motifs is 1. The van der Waals surface area contributed by atoms with E-state index in [1.807, 2.05) is 0 Å². The number of nitroso groups, excluding NO2 is 1. The molecule has 0 aromatic carbocycles. The third-order valence-electron chi connectivity index (χ3n) is 4.00. The van der Waals surface area contributed by atoms with E-state index in [0.717, 1.165) is 30.3 Å². The number of aromatic nitrogens is 4. The molecule has 0 radical (unpaired) electrons. The lowest BCUT2D eigenvalue weighted by atomic mass is 10.2. The first kappa shape index (κ1) is 16.9. The molecule has 9 nitrogen and oxygen atoms in total. The molecule has 0 aliphatic heterocycles. The first-order chi connectivity index (χ1) is 10.9. The van der Waals surface area contributed by atoms with E-state index < -0.39 is 11.2 Å². The lowest BCUT2D eigenvalue weighted by molar-refractivity contribution is 0.638. The van der Waals surface area contributed by atoms with Crippen molar-refractivity contribution in [3.05, 3.63) is 25.7 Å². The Morgan fingerprint density at radius 2 is 1.74 bits per heavy atom. The smallest absolute Gasteiger partial charge is 0.306 e. The average Bonchev–Trinajstić information content (AvgIpc) is 2.89. The molecule has 0 atom stereocenters. The van der Waals surface area contributed by atoms with E-state index in [1.165, 1.54) is 21.2 Å². The minimum Gasteiger partial charge on any atom is -0.306 e. The minimum absolute atomic E-state index is 0.248. The molecule has 126 valence electrons. The Balaban J connectivity index is 2.49. The normalized spacial score (nSPS) is 11.1. The molecular weight excluding hydrogens is 300 g/mol. The van der Waals surface area contributed by atoms with Crippen molar-refractivity contribution >= 4 is 17.1 Å². The fourth-order valence-corrected chi connectivity index (χ4v) is 2.60. The Morgan fingerprint density at radius 3 is 2.35 bits per heavy atom. The van der Waals surface area contributed by atoms with E-state index in [1.54, 1.807) is 14.1 Å². The molecule has 2 aromatic rings. The first-order valence-corrected chi connectivity index (χ1v) is 7.67. The second kappa shape index (κ2) is 6.76. The molecule has 23 heavy (non-hydrogen) atoms. The summed E-state index contributed by atoms with van der Waals surface area (Å²) < 4.78 is 3.83. The molecule has 0 fully saturated rings. The summed E-state index contributed by atoms with van der Waals surface area (Å²) in [6, 6.07) is 0. The Bertz CT molecular complexity index is 832. The van der Waals surface area contributed by atoms with E-state index in [4.69, 9.17) is 0 Å². The highest BCUT2D eigenvalue weighted by molar-refractivity contribution is 5.74. The Hall–Kier alpha value is -2.45. The van der Waals surface area contributed by atoms with E-state index in [9.17, 15) is 14.5 Å². The van der Waals surface area contributed by atoms with Crippen molar-refractivity contribution in [3.8, 4) is 0 Å². The quantitative estimate of drug-likeness (QED) is 0.431. The first-order valence-electron chi connectivity index (χ1n) is 7.67. The molecule has 2 aromatic heterocycles. The van der Waals surface area contributed by atoms with Crippen molar-refractivity contribution < 1.29 is 0 Å². The maximum Gasteiger partial charge on any atom is 0.332 e. The molecule has 0 amide bonds. The van der Waals surface area contributed by atoms with Gasteiger partial charge in [0.2, 0.25) is 5.95 Å². The highest BCUT2D eigenvalue weighted by Crippen LogP contribution is 2.18. The highest BCUT2D eigenvalue weighted by Gasteiger charge is 2.21. The molecule has 0 aliphatic rings. The van der Waals surface area contributed by atoms with Gasteiger partial charge in [-0.2, -0.15) is 9.99 Å². The molecule has 2 heterocycles. The van der Waals surface area contributed by atoms with E-state index in [2.05, 4.69) is 17.2 Å². The predicted molar refractivity (Wildman–Crippen MR) is 88.5 cm³/mol. The van der Waals surface area contributed by atoms with Gasteiger partial charge >= 0.3 is 5.69 Å². The maximum atomic E-state index is 12.3. The van der Waals surface area contributed by atoms with Gasteiger partial charge in [0, 0.05) is 27.7 Å². The standard InChI is InChI=1S/C14H22N6O3/c1-5-6-7-8-9-20(16-23)13-15-11-10(17(13)2)12(21)19(4)14(22)18(11)3/h5-9H2,1-4H3. The van der Waals surface area contributed by atoms with Crippen molar-refractivity contribution in [2.75, 3.05) is 11.6 Å². The van der Waals surface area contributed by atoms with Gasteiger partial charge in [-0.3, -0.25) is 13.9 Å². The molecule has 0 N–H and O–H groups in total. The van der Waals surface area contributed by atoms with E-state index in [-0.39, 0.29) is 17.1 Å². The van der Waals surface area contributed by atoms with Crippen LogP contribution in [0.15, 0.2) is 14.9 Å². The van der Waals surface area contributed by atoms with Gasteiger partial charge < -0.3 is 4.57 Å². The molecule has 0 saturated heterocycles. The van der Waals surface area contributed by atoms with Crippen molar-refractivity contribution in [2.45, 2.75) is 32.6 Å². The second-order valence-corrected chi connectivity index (χ2v) is 5.61. The molecule has 9 heteroatoms. The molecule has 0 saturated carbocycles. The van der Waals surface area contributed by atoms with Crippen LogP contribution in [0.1, 0.15) is 32.6 Å². The van der Waals surface area contributed by atoms with E-state index in [0.29, 0.717) is 6.54 Å². The number of rotatable bonds is 7. The van der Waals surface area contributed by atoms with Gasteiger partial charge in [0.05, 0.1) is 5.29 Å². The number of nitrogens with zero attached hydrogens (tertiary/aromatic N) is 6. The third-order valence-corrected chi connectivity index (χ3v) is 4.00. The molecule has 2 rings (SSSR count). The zero-order valence-electron chi connectivity index (χ0n) is 13.9. The van der Waals surface area contributed by atoms with Crippen LogP contribution in [-0.2, 0) is 21.1 Å². The number of anilines is 1. The van der Waals surface area contributed by atoms with Crippen LogP contribution in [0.2, 0.25) is 0 Å². The predicted octanol–water partition coefficient (Wildman–Crippen LogP) is 1.04. The summed E-state index contributed by atoms with van der Waals surface area (Å²) in [5, 5.41) is 4.26. The van der Waals surface area contributed by atoms with Crippen LogP contribution in [0.25, 0.3) is 11.2 Å². The lowest BCUT2D eigenvalue weighted by Gasteiger charge is -2.13. The summed E-state index contributed by atoms with van der Waals surface area (Å²) in [4.78, 5) is 39.8. The maximum absolute atomic E-state index is 12.3. The van der Waals surface area contributed by atoms with Crippen LogP contribution in [0.3, 0.4) is 0 Å². The van der Waals surface area contributed by atoms with Crippen molar-refractivity contribution in [3.63, 3.8) is 0 Å². The lowest BCUT2D eigenvalue weighted by Crippen LogP contribution is -2.37. The summed E-state index contributed by atoms with van der Waals surface area (Å²) in [7, 11) is 4.60. The summed E-state index contributed by atoms with van der Waals surface area (Å²) in [6.45, 7) is 2.53. The largest absolute Gasteiger partial charge is 0.332 e. The number of imidazole rings is 1. The number of aryl methyl sites for hydroxylation is 2. The van der Waals surface area contributed by atoms with Gasteiger partial charge in [-0.1, -0.05) is 26.2 Å². The van der Waals surface area contributed by atoms with Crippen LogP contribution in [0.4, 0.5) is 5.95 Å². The number of hydrogen-bond acceptors (Lipinski definition) is 5. The SMILES string of the molecule is CCCCCCN(N=O)c1nc2c(c(=O)n(C)c(=O)n2C)n1C. The fourth-order valence-electron chi connectivity index (χ4n) is 2.60. The van der Waals surface area contributed by atoms with Crippen LogP contribution in [-0.4, -0.2) is 25.2 Å². The molecule has 0 spiro atoms. The number of hydrogen-bond donors (Lipinski definition) is 0. The zero-order valence-corrected chi connectivity index (χ0v) is 13.9. The fraction of sp³-hybridized carbons (Fsp3) is 0.643. The highest BCUT2D eigenvalue weighted by atomic mass is 16.3. The summed E-state index contributed by atoms with van der Waals surface area (Å²) in [5.74, 6) is 0.268. The summed E-state index contributed by atoms with van der Waals surface area (Å²) >= 11 is 0. The topological polar surface area (TPSA) is 94.5 Å². The van der Waals surface area contributed by atoms with Gasteiger partial charge in [0.25, 0.3) is 5.56 Å². The number of unbranched alkanes of at least 4 members (excludes halogenated alkanes) is 3. The summed E-state index contributed by atoms with van der Waals surface area (Å²) in [6.07, 6.45) is 3.98. The molecule has 0 bridgehead atoms. The second-order valence-electron chi connectivity index (χ2n) is 5.61. The van der Waals surface area contributed by atoms with Gasteiger partial charge in [-0.25, -0.2) is 4.79 Å². The Morgan fingerprint density at radius 1 is 1.04 bits per heavy atom. The monoisotopic (exact) mass is 322 g/mol. The van der Waals surface area contributed by atoms with Gasteiger partial charge in [0.1, 0.15) is 0 Å². The van der Waals surface area contributed by atoms with Crippen LogP contribution in [0, 0.1) is 4.91 Å². The van der Waals surface area contributed by atoms with Gasteiger partial charge in [0.15, 0.2) is 11.2 Å². The van der Waals surface area contributed by atoms with Crippen molar-refractivity contribution in [1.29, 1.82) is 0 Å². The zero-order chi connectivity index (χ0) is 17.1. The van der Waals surface area contributed by atoms with Crippen LogP contribution >= 0.6 is 0 Å². The van der Waals surface area contributed by atoms with Crippen LogP contribution < -0.4 is 16.3 Å². The minimum atomic E-state index is -0.458. The van der Waals surface area contributed by atoms with Crippen LogP contribution in [0.5, 0.6) is 0 Å². The van der Waals surface area contributed by atoms with E-state index >= 15 is 0 Å². The summed E-state index contributed by atoms with van der Waals surface area (Å²) in [5.41, 5.74) is -0.383. The molecule has 0 unspecified atom stereocenters. The van der Waals surface area contributed by atoms with Gasteiger partial charge in [-0.05, 0) is 6.42 Å². The molecule has 0 aliphatic carbocycles.